The molecule has 0 spiro atoms. The van der Waals surface area contributed by atoms with Crippen LogP contribution in [0, 0.1) is 0 Å². The van der Waals surface area contributed by atoms with Crippen LogP contribution in [0.3, 0.4) is 0 Å². The number of methoxy groups -OCH3 is 1. The molecule has 0 unspecified atom stereocenters. The van der Waals surface area contributed by atoms with Crippen LogP contribution in [-0.2, 0) is 40.5 Å². The molecule has 0 saturated carbocycles. The second-order valence-corrected chi connectivity index (χ2v) is 15.9. The summed E-state index contributed by atoms with van der Waals surface area (Å²) in [5, 5.41) is 37.8. The lowest BCUT2D eigenvalue weighted by atomic mass is 10.1. The summed E-state index contributed by atoms with van der Waals surface area (Å²) in [6, 6.07) is 8.26. The largest absolute Gasteiger partial charge is 0.506 e. The van der Waals surface area contributed by atoms with Crippen LogP contribution in [-0.4, -0.2) is 79.2 Å². The van der Waals surface area contributed by atoms with Gasteiger partial charge in [0.1, 0.15) is 49.6 Å². The first-order chi connectivity index (χ1) is 24.6. The number of phenolic OH excluding ortho intramolecular Hbond substituents is 2. The number of azo groups is 2. The van der Waals surface area contributed by atoms with Gasteiger partial charge in [-0.2, -0.15) is 38.8 Å². The van der Waals surface area contributed by atoms with Crippen LogP contribution in [0.15, 0.2) is 107 Å². The van der Waals surface area contributed by atoms with Crippen LogP contribution in [0.1, 0.15) is 0 Å². The smallest absolute Gasteiger partial charge is 0.298 e. The fourth-order valence-electron chi connectivity index (χ4n) is 4.59. The number of hydrogen-bond acceptors (Lipinski definition) is 18. The lowest BCUT2D eigenvalue weighted by Gasteiger charge is -2.13. The first-order valence-electron chi connectivity index (χ1n) is 13.7. The van der Waals surface area contributed by atoms with E-state index in [2.05, 4.69) is 35.7 Å². The van der Waals surface area contributed by atoms with E-state index in [0.717, 1.165) is 25.3 Å². The topological polar surface area (TPSA) is 354 Å². The summed E-state index contributed by atoms with van der Waals surface area (Å²) in [6.07, 6.45) is 2.62. The van der Waals surface area contributed by atoms with Crippen LogP contribution in [0.4, 0.5) is 34.3 Å². The van der Waals surface area contributed by atoms with Gasteiger partial charge in [-0.05, 0) is 53.9 Å². The van der Waals surface area contributed by atoms with Crippen molar-refractivity contribution in [1.82, 2.24) is 9.97 Å². The number of aromatic nitrogens is 2. The minimum absolute atomic E-state index is 0.0773. The molecule has 0 aliphatic carbocycles. The third-order valence-electron chi connectivity index (χ3n) is 6.80. The van der Waals surface area contributed by atoms with Crippen molar-refractivity contribution in [3.8, 4) is 17.2 Å². The van der Waals surface area contributed by atoms with Gasteiger partial charge in [0.05, 0.1) is 17.7 Å². The number of rotatable bonds is 11. The number of nitrogens with zero attached hydrogens (tertiary/aromatic N) is 6. The number of benzene rings is 4. The maximum Gasteiger partial charge on any atom is 0.298 e. The molecule has 0 amide bonds. The van der Waals surface area contributed by atoms with Crippen molar-refractivity contribution in [3.63, 3.8) is 0 Å². The molecule has 0 fully saturated rings. The minimum Gasteiger partial charge on any atom is -0.506 e. The number of ether oxygens (including phenoxy) is 1. The van der Waals surface area contributed by atoms with Crippen molar-refractivity contribution >= 4 is 85.5 Å². The maximum atomic E-state index is 12.2. The average Bonchev–Trinajstić information content (AvgIpc) is 3.05. The number of nitrogens with one attached hydrogen (secondary N) is 1. The van der Waals surface area contributed by atoms with Gasteiger partial charge in [0, 0.05) is 23.3 Å². The zero-order valence-electron chi connectivity index (χ0n) is 26.0. The molecule has 0 aliphatic rings. The summed E-state index contributed by atoms with van der Waals surface area (Å²) < 4.78 is 140. The quantitative estimate of drug-likeness (QED) is 0.0707. The fourth-order valence-corrected chi connectivity index (χ4v) is 7.31. The fraction of sp³-hybridized carbons (Fsp3) is 0.0370. The number of hydrogen-bond donors (Lipinski definition) is 7. The maximum absolute atomic E-state index is 12.2. The molecule has 26 heteroatoms. The van der Waals surface area contributed by atoms with Crippen LogP contribution >= 0.6 is 0 Å². The molecule has 1 aromatic heterocycles. The van der Waals surface area contributed by atoms with Crippen LogP contribution < -0.4 is 10.1 Å². The van der Waals surface area contributed by atoms with Gasteiger partial charge >= 0.3 is 0 Å². The Bertz CT molecular complexity index is 2820. The molecule has 278 valence electrons. The van der Waals surface area contributed by atoms with E-state index in [0.29, 0.717) is 12.1 Å². The third kappa shape index (κ3) is 8.50. The zero-order valence-corrected chi connectivity index (χ0v) is 29.3. The van der Waals surface area contributed by atoms with E-state index in [9.17, 15) is 62.1 Å². The first-order valence-corrected chi connectivity index (χ1v) is 19.5. The molecule has 0 radical (unpaired) electrons. The van der Waals surface area contributed by atoms with Crippen LogP contribution in [0.5, 0.6) is 17.2 Å². The van der Waals surface area contributed by atoms with E-state index in [1.54, 1.807) is 0 Å². The van der Waals surface area contributed by atoms with Gasteiger partial charge in [0.2, 0.25) is 0 Å². The molecule has 5 aromatic rings. The van der Waals surface area contributed by atoms with Crippen LogP contribution in [0.25, 0.3) is 10.8 Å². The molecule has 53 heavy (non-hydrogen) atoms. The molecule has 4 aromatic carbocycles. The Morgan fingerprint density at radius 2 is 1.34 bits per heavy atom. The molecular formula is C27H21N7O15S4. The molecule has 0 atom stereocenters. The number of anilines is 2. The molecule has 1 heterocycles. The van der Waals surface area contributed by atoms with E-state index in [-0.39, 0.29) is 28.9 Å². The van der Waals surface area contributed by atoms with Gasteiger partial charge in [-0.25, -0.2) is 9.97 Å². The van der Waals surface area contributed by atoms with Crippen molar-refractivity contribution in [1.29, 1.82) is 0 Å². The normalized spacial score (nSPS) is 12.8. The summed E-state index contributed by atoms with van der Waals surface area (Å²) in [5.41, 5.74) is -1.81. The highest BCUT2D eigenvalue weighted by atomic mass is 32.2. The zero-order chi connectivity index (χ0) is 39.1. The SMILES string of the molecule is COc1c(N=Nc2ccc(N=Nc3c(S(=O)(=O)O)cc4cc(S(=O)(=O)O)cc(S(=O)(=O)O)c4c3O)c(O)c2)cc(Nc2ccncn2)cc1S(=O)(=O)O. The van der Waals surface area contributed by atoms with Gasteiger partial charge in [-0.1, -0.05) is 0 Å². The van der Waals surface area contributed by atoms with Crippen LogP contribution in [0.2, 0.25) is 0 Å². The van der Waals surface area contributed by atoms with Gasteiger partial charge in [0.15, 0.2) is 11.5 Å². The van der Waals surface area contributed by atoms with Crippen molar-refractivity contribution in [2.75, 3.05) is 12.4 Å². The number of phenols is 2. The third-order valence-corrected chi connectivity index (χ3v) is 10.2. The van der Waals surface area contributed by atoms with Crippen molar-refractivity contribution in [3.05, 3.63) is 67.1 Å². The van der Waals surface area contributed by atoms with Crippen molar-refractivity contribution < 1.29 is 66.8 Å². The highest BCUT2D eigenvalue weighted by Gasteiger charge is 2.29. The standard InChI is InChI=1S/C27H21N7O15S4/c1-49-27-18(8-15(10-22(27)53(46,47)48)30-23-4-5-28-12-29-23)33-31-14-2-3-17(19(35)9-14)32-34-25-21(52(43,44)45)7-13-6-16(50(37,38)39)11-20(51(40,41)42)24(13)26(25)36/h2-12,35-36H,1H3,(H,28,29,30)(H,37,38,39)(H,40,41,42)(H,43,44,45)(H,46,47,48). The monoisotopic (exact) mass is 811 g/mol. The second-order valence-electron chi connectivity index (χ2n) is 10.3. The first kappa shape index (κ1) is 38.5. The van der Waals surface area contributed by atoms with Gasteiger partial charge in [0.25, 0.3) is 40.5 Å². The van der Waals surface area contributed by atoms with E-state index in [1.807, 2.05) is 0 Å². The minimum atomic E-state index is -5.37. The molecule has 5 rings (SSSR count). The summed E-state index contributed by atoms with van der Waals surface area (Å²) in [4.78, 5) is 3.38. The molecule has 7 N–H and O–H groups in total. The lowest BCUT2D eigenvalue weighted by molar-refractivity contribution is 0.398. The van der Waals surface area contributed by atoms with E-state index < -0.39 is 99.5 Å². The van der Waals surface area contributed by atoms with E-state index >= 15 is 0 Å². The van der Waals surface area contributed by atoms with E-state index in [4.69, 9.17) is 4.74 Å². The highest BCUT2D eigenvalue weighted by molar-refractivity contribution is 7.87. The van der Waals surface area contributed by atoms with E-state index in [1.165, 1.54) is 30.7 Å². The van der Waals surface area contributed by atoms with Gasteiger partial charge < -0.3 is 20.3 Å². The second kappa shape index (κ2) is 14.0. The predicted octanol–water partition coefficient (Wildman–Crippen LogP) is 4.61. The summed E-state index contributed by atoms with van der Waals surface area (Å²) in [6.45, 7) is 0. The molecular weight excluding hydrogens is 791 g/mol. The number of aromatic hydroxyl groups is 2. The molecule has 0 aliphatic heterocycles. The summed E-state index contributed by atoms with van der Waals surface area (Å²) >= 11 is 0. The molecule has 22 nitrogen and oxygen atoms in total. The Hall–Kier alpha value is -5.74. The molecule has 0 bridgehead atoms. The summed E-state index contributed by atoms with van der Waals surface area (Å²) in [7, 11) is -19.6. The Morgan fingerprint density at radius 3 is 1.91 bits per heavy atom. The Morgan fingerprint density at radius 1 is 0.679 bits per heavy atom. The van der Waals surface area contributed by atoms with Crippen molar-refractivity contribution in [2.45, 2.75) is 19.6 Å². The highest BCUT2D eigenvalue weighted by Crippen LogP contribution is 2.45. The van der Waals surface area contributed by atoms with Crippen molar-refractivity contribution in [2.24, 2.45) is 20.5 Å². The van der Waals surface area contributed by atoms with Gasteiger partial charge in [-0.15, -0.1) is 15.3 Å². The lowest BCUT2D eigenvalue weighted by Crippen LogP contribution is -2.06. The Kier molecular flexibility index (Phi) is 10.2. The Balaban J connectivity index is 1.57. The molecule has 0 saturated heterocycles. The Labute approximate surface area is 298 Å². The number of fused-ring (bicyclic) bond motifs is 1. The average molecular weight is 812 g/mol. The van der Waals surface area contributed by atoms with Gasteiger partial charge in [-0.3, -0.25) is 18.2 Å². The predicted molar refractivity (Wildman–Crippen MR) is 180 cm³/mol. The summed E-state index contributed by atoms with van der Waals surface area (Å²) in [5.74, 6) is -2.21.